The van der Waals surface area contributed by atoms with Crippen molar-refractivity contribution < 1.29 is 4.79 Å². The number of aromatic nitrogens is 2. The van der Waals surface area contributed by atoms with Crippen LogP contribution in [-0.4, -0.2) is 35.7 Å². The van der Waals surface area contributed by atoms with E-state index in [0.717, 1.165) is 11.3 Å². The van der Waals surface area contributed by atoms with Crippen molar-refractivity contribution >= 4 is 23.2 Å². The second kappa shape index (κ2) is 8.06. The van der Waals surface area contributed by atoms with Gasteiger partial charge in [0.25, 0.3) is 5.91 Å². The third kappa shape index (κ3) is 4.06. The molecule has 0 aliphatic heterocycles. The fourth-order valence-electron chi connectivity index (χ4n) is 2.69. The van der Waals surface area contributed by atoms with E-state index in [0.29, 0.717) is 22.8 Å². The van der Waals surface area contributed by atoms with Gasteiger partial charge in [-0.2, -0.15) is 5.10 Å². The van der Waals surface area contributed by atoms with E-state index in [1.807, 2.05) is 49.5 Å². The van der Waals surface area contributed by atoms with Crippen LogP contribution in [0, 0.1) is 0 Å². The summed E-state index contributed by atoms with van der Waals surface area (Å²) in [6.07, 6.45) is 1.55. The fraction of sp³-hybridized carbons (Fsp3) is 0.200. The summed E-state index contributed by atoms with van der Waals surface area (Å²) < 4.78 is 0. The van der Waals surface area contributed by atoms with E-state index in [1.54, 1.807) is 18.3 Å². The average molecular weight is 369 g/mol. The summed E-state index contributed by atoms with van der Waals surface area (Å²) in [6, 6.07) is 17.5. The van der Waals surface area contributed by atoms with Gasteiger partial charge in [-0.25, -0.2) is 0 Å². The van der Waals surface area contributed by atoms with Crippen LogP contribution in [0.25, 0.3) is 11.3 Å². The zero-order chi connectivity index (χ0) is 18.5. The minimum absolute atomic E-state index is 0.146. The lowest BCUT2D eigenvalue weighted by Gasteiger charge is -2.27. The summed E-state index contributed by atoms with van der Waals surface area (Å²) in [6.45, 7) is 2.60. The van der Waals surface area contributed by atoms with Gasteiger partial charge in [0.2, 0.25) is 0 Å². The number of aromatic amines is 1. The topological polar surface area (TPSA) is 61.0 Å². The van der Waals surface area contributed by atoms with Crippen LogP contribution in [0.1, 0.15) is 17.3 Å². The number of para-hydroxylation sites is 1. The normalized spacial score (nSPS) is 11.8. The molecule has 1 heterocycles. The second-order valence-corrected chi connectivity index (χ2v) is 6.61. The molecule has 2 N–H and O–H groups in total. The van der Waals surface area contributed by atoms with Crippen LogP contribution in [0.3, 0.4) is 0 Å². The molecule has 134 valence electrons. The summed E-state index contributed by atoms with van der Waals surface area (Å²) in [5, 5.41) is 10.6. The first-order valence-electron chi connectivity index (χ1n) is 8.41. The Hall–Kier alpha value is -2.79. The highest BCUT2D eigenvalue weighted by Gasteiger charge is 2.17. The molecule has 3 aromatic rings. The van der Waals surface area contributed by atoms with Gasteiger partial charge >= 0.3 is 0 Å². The number of nitrogens with one attached hydrogen (secondary N) is 2. The maximum absolute atomic E-state index is 12.6. The van der Waals surface area contributed by atoms with Crippen LogP contribution in [0.4, 0.5) is 5.69 Å². The number of H-pyrrole nitrogens is 1. The summed E-state index contributed by atoms with van der Waals surface area (Å²) in [5.74, 6) is -0.156. The van der Waals surface area contributed by atoms with Crippen molar-refractivity contribution in [1.82, 2.24) is 15.5 Å². The zero-order valence-corrected chi connectivity index (χ0v) is 15.5. The number of amides is 1. The third-order valence-electron chi connectivity index (χ3n) is 4.40. The number of carbonyl (C=O) groups excluding carboxylic acids is 1. The predicted octanol–water partition coefficient (Wildman–Crippen LogP) is 3.98. The number of hydrogen-bond donors (Lipinski definition) is 2. The molecule has 1 amide bonds. The van der Waals surface area contributed by atoms with Crippen LogP contribution < -0.4 is 10.2 Å². The van der Waals surface area contributed by atoms with E-state index >= 15 is 0 Å². The van der Waals surface area contributed by atoms with E-state index < -0.39 is 0 Å². The number of nitrogens with zero attached hydrogens (tertiary/aromatic N) is 2. The van der Waals surface area contributed by atoms with E-state index in [9.17, 15) is 4.79 Å². The average Bonchev–Trinajstić information content (AvgIpc) is 3.16. The lowest BCUT2D eigenvalue weighted by Crippen LogP contribution is -2.40. The SMILES string of the molecule is CC(CNC(=O)c1cn[nH]c1-c1ccc(Cl)cc1)N(C)c1ccccc1. The molecule has 0 spiro atoms. The minimum atomic E-state index is -0.156. The molecule has 3 rings (SSSR count). The van der Waals surface area contributed by atoms with Crippen molar-refractivity contribution in [2.24, 2.45) is 0 Å². The first-order chi connectivity index (χ1) is 12.6. The summed E-state index contributed by atoms with van der Waals surface area (Å²) in [4.78, 5) is 14.7. The van der Waals surface area contributed by atoms with Gasteiger partial charge in [-0.1, -0.05) is 41.9 Å². The molecule has 5 nitrogen and oxygen atoms in total. The molecular weight excluding hydrogens is 348 g/mol. The zero-order valence-electron chi connectivity index (χ0n) is 14.7. The quantitative estimate of drug-likeness (QED) is 0.691. The van der Waals surface area contributed by atoms with Crippen LogP contribution in [0.5, 0.6) is 0 Å². The Balaban J connectivity index is 1.66. The van der Waals surface area contributed by atoms with Crippen molar-refractivity contribution in [1.29, 1.82) is 0 Å². The molecule has 0 saturated heterocycles. The Morgan fingerprint density at radius 2 is 1.88 bits per heavy atom. The Morgan fingerprint density at radius 3 is 2.58 bits per heavy atom. The molecule has 0 aliphatic carbocycles. The number of likely N-dealkylation sites (N-methyl/N-ethyl adjacent to an activating group) is 1. The molecule has 1 aromatic heterocycles. The molecule has 26 heavy (non-hydrogen) atoms. The fourth-order valence-corrected chi connectivity index (χ4v) is 2.81. The highest BCUT2D eigenvalue weighted by Crippen LogP contribution is 2.23. The van der Waals surface area contributed by atoms with Gasteiger partial charge < -0.3 is 10.2 Å². The monoisotopic (exact) mass is 368 g/mol. The molecule has 2 aromatic carbocycles. The molecule has 1 unspecified atom stereocenters. The van der Waals surface area contributed by atoms with Crippen molar-refractivity contribution in [2.75, 3.05) is 18.5 Å². The highest BCUT2D eigenvalue weighted by atomic mass is 35.5. The number of rotatable bonds is 6. The van der Waals surface area contributed by atoms with Crippen molar-refractivity contribution in [3.05, 3.63) is 71.4 Å². The van der Waals surface area contributed by atoms with Gasteiger partial charge in [-0.15, -0.1) is 0 Å². The molecule has 1 atom stereocenters. The van der Waals surface area contributed by atoms with Gasteiger partial charge in [0.15, 0.2) is 0 Å². The largest absolute Gasteiger partial charge is 0.370 e. The molecule has 0 aliphatic rings. The first-order valence-corrected chi connectivity index (χ1v) is 8.79. The Kier molecular flexibility index (Phi) is 5.58. The van der Waals surface area contributed by atoms with E-state index in [-0.39, 0.29) is 11.9 Å². The Morgan fingerprint density at radius 1 is 1.19 bits per heavy atom. The van der Waals surface area contributed by atoms with Gasteiger partial charge in [-0.05, 0) is 31.2 Å². The second-order valence-electron chi connectivity index (χ2n) is 6.17. The van der Waals surface area contributed by atoms with Gasteiger partial charge in [0, 0.05) is 35.9 Å². The maximum Gasteiger partial charge on any atom is 0.255 e. The molecule has 0 radical (unpaired) electrons. The number of anilines is 1. The standard InChI is InChI=1S/C20H21ClN4O/c1-14(25(2)17-6-4-3-5-7-17)12-22-20(26)18-13-23-24-19(18)15-8-10-16(21)11-9-15/h3-11,13-14H,12H2,1-2H3,(H,22,26)(H,23,24). The highest BCUT2D eigenvalue weighted by molar-refractivity contribution is 6.30. The smallest absolute Gasteiger partial charge is 0.255 e. The number of benzene rings is 2. The summed E-state index contributed by atoms with van der Waals surface area (Å²) >= 11 is 5.93. The number of hydrogen-bond acceptors (Lipinski definition) is 3. The van der Waals surface area contributed by atoms with Crippen LogP contribution in [0.15, 0.2) is 60.8 Å². The van der Waals surface area contributed by atoms with Crippen LogP contribution in [-0.2, 0) is 0 Å². The lowest BCUT2D eigenvalue weighted by molar-refractivity contribution is 0.0952. The minimum Gasteiger partial charge on any atom is -0.370 e. The molecular formula is C20H21ClN4O. The third-order valence-corrected chi connectivity index (χ3v) is 4.65. The number of halogens is 1. The number of carbonyl (C=O) groups is 1. The predicted molar refractivity (Wildman–Crippen MR) is 106 cm³/mol. The first kappa shape index (κ1) is 18.0. The summed E-state index contributed by atoms with van der Waals surface area (Å²) in [5.41, 5.74) is 3.18. The van der Waals surface area contributed by atoms with Crippen molar-refractivity contribution in [3.8, 4) is 11.3 Å². The van der Waals surface area contributed by atoms with Gasteiger partial charge in [0.1, 0.15) is 0 Å². The Bertz CT molecular complexity index is 861. The maximum atomic E-state index is 12.6. The van der Waals surface area contributed by atoms with Crippen molar-refractivity contribution in [3.63, 3.8) is 0 Å². The van der Waals surface area contributed by atoms with E-state index in [4.69, 9.17) is 11.6 Å². The lowest BCUT2D eigenvalue weighted by atomic mass is 10.1. The van der Waals surface area contributed by atoms with Gasteiger partial charge in [0.05, 0.1) is 17.5 Å². The summed E-state index contributed by atoms with van der Waals surface area (Å²) in [7, 11) is 2.02. The molecule has 0 saturated carbocycles. The molecule has 0 fully saturated rings. The van der Waals surface area contributed by atoms with E-state index in [1.165, 1.54) is 0 Å². The van der Waals surface area contributed by atoms with E-state index in [2.05, 4.69) is 27.3 Å². The van der Waals surface area contributed by atoms with Gasteiger partial charge in [-0.3, -0.25) is 9.89 Å². The van der Waals surface area contributed by atoms with Crippen LogP contribution >= 0.6 is 11.6 Å². The molecule has 0 bridgehead atoms. The Labute approximate surface area is 158 Å². The van der Waals surface area contributed by atoms with Crippen LogP contribution in [0.2, 0.25) is 5.02 Å². The molecule has 6 heteroatoms. The van der Waals surface area contributed by atoms with Crippen molar-refractivity contribution in [2.45, 2.75) is 13.0 Å².